The van der Waals surface area contributed by atoms with E-state index in [2.05, 4.69) is 30.8 Å². The zero-order valence-electron chi connectivity index (χ0n) is 13.3. The fourth-order valence-electron chi connectivity index (χ4n) is 2.40. The molecule has 0 aromatic heterocycles. The quantitative estimate of drug-likeness (QED) is 0.600. The average molecular weight is 344 g/mol. The predicted octanol–water partition coefficient (Wildman–Crippen LogP) is 4.41. The first-order valence-electron chi connectivity index (χ1n) is 7.08. The largest absolute Gasteiger partial charge is 0.350 e. The highest BCUT2D eigenvalue weighted by atomic mass is 35.5. The molecule has 1 saturated heterocycles. The SMILES string of the molecule is Cc1cc([N+](=O)[O-])ccc1/N=C1\SC[C@H](CC(C)C)N1C.Cl. The van der Waals surface area contributed by atoms with Crippen molar-refractivity contribution >= 4 is 40.7 Å². The van der Waals surface area contributed by atoms with E-state index >= 15 is 0 Å². The summed E-state index contributed by atoms with van der Waals surface area (Å²) in [6, 6.07) is 5.33. The first kappa shape index (κ1) is 18.8. The number of nitro benzene ring substituents is 1. The van der Waals surface area contributed by atoms with Crippen LogP contribution < -0.4 is 0 Å². The van der Waals surface area contributed by atoms with Crippen LogP contribution in [-0.2, 0) is 0 Å². The van der Waals surface area contributed by atoms with E-state index in [0.717, 1.165) is 28.6 Å². The number of benzene rings is 1. The summed E-state index contributed by atoms with van der Waals surface area (Å²) < 4.78 is 0. The summed E-state index contributed by atoms with van der Waals surface area (Å²) in [7, 11) is 2.08. The molecule has 0 saturated carbocycles. The van der Waals surface area contributed by atoms with E-state index in [9.17, 15) is 10.1 Å². The molecule has 1 atom stereocenters. The molecule has 2 rings (SSSR count). The molecule has 0 aliphatic carbocycles. The lowest BCUT2D eigenvalue weighted by Crippen LogP contribution is -2.30. The number of hydrogen-bond donors (Lipinski definition) is 0. The van der Waals surface area contributed by atoms with Gasteiger partial charge >= 0.3 is 0 Å². The molecule has 1 aliphatic rings. The molecule has 122 valence electrons. The highest BCUT2D eigenvalue weighted by molar-refractivity contribution is 8.14. The Morgan fingerprint density at radius 1 is 1.50 bits per heavy atom. The zero-order chi connectivity index (χ0) is 15.6. The Morgan fingerprint density at radius 2 is 2.18 bits per heavy atom. The Labute approximate surface area is 141 Å². The molecule has 1 heterocycles. The van der Waals surface area contributed by atoms with Crippen molar-refractivity contribution < 1.29 is 4.92 Å². The third-order valence-corrected chi connectivity index (χ3v) is 4.79. The van der Waals surface area contributed by atoms with Crippen LogP contribution in [0.3, 0.4) is 0 Å². The summed E-state index contributed by atoms with van der Waals surface area (Å²) in [6.45, 7) is 6.32. The van der Waals surface area contributed by atoms with Gasteiger partial charge in [-0.3, -0.25) is 10.1 Å². The molecule has 5 nitrogen and oxygen atoms in total. The summed E-state index contributed by atoms with van der Waals surface area (Å²) in [6.07, 6.45) is 1.15. The second-order valence-electron chi connectivity index (χ2n) is 5.83. The van der Waals surface area contributed by atoms with Gasteiger partial charge < -0.3 is 4.90 Å². The molecule has 1 fully saturated rings. The van der Waals surface area contributed by atoms with Gasteiger partial charge in [-0.2, -0.15) is 0 Å². The van der Waals surface area contributed by atoms with Crippen LogP contribution in [-0.4, -0.2) is 33.8 Å². The minimum Gasteiger partial charge on any atom is -0.350 e. The predicted molar refractivity (Wildman–Crippen MR) is 95.6 cm³/mol. The van der Waals surface area contributed by atoms with Gasteiger partial charge in [-0.25, -0.2) is 4.99 Å². The van der Waals surface area contributed by atoms with Crippen LogP contribution in [0.15, 0.2) is 23.2 Å². The Kier molecular flexibility index (Phi) is 6.68. The molecule has 0 unspecified atom stereocenters. The summed E-state index contributed by atoms with van der Waals surface area (Å²) in [5.74, 6) is 1.72. The molecule has 7 heteroatoms. The Bertz CT molecular complexity index is 578. The van der Waals surface area contributed by atoms with Gasteiger partial charge in [0.15, 0.2) is 5.17 Å². The number of non-ortho nitro benzene ring substituents is 1. The highest BCUT2D eigenvalue weighted by Crippen LogP contribution is 2.31. The number of amidine groups is 1. The molecule has 1 aromatic carbocycles. The molecular formula is C15H22ClN3O2S. The zero-order valence-corrected chi connectivity index (χ0v) is 14.9. The van der Waals surface area contributed by atoms with Crippen molar-refractivity contribution in [3.8, 4) is 0 Å². The number of nitrogens with zero attached hydrogens (tertiary/aromatic N) is 3. The third kappa shape index (κ3) is 4.36. The van der Waals surface area contributed by atoms with Crippen molar-refractivity contribution in [1.29, 1.82) is 0 Å². The van der Waals surface area contributed by atoms with Crippen molar-refractivity contribution in [1.82, 2.24) is 4.90 Å². The van der Waals surface area contributed by atoms with Crippen molar-refractivity contribution in [2.75, 3.05) is 12.8 Å². The van der Waals surface area contributed by atoms with Gasteiger partial charge in [0.2, 0.25) is 0 Å². The molecule has 0 radical (unpaired) electrons. The van der Waals surface area contributed by atoms with E-state index in [0.29, 0.717) is 12.0 Å². The number of aryl methyl sites for hydroxylation is 1. The van der Waals surface area contributed by atoms with Crippen molar-refractivity contribution in [2.45, 2.75) is 33.2 Å². The van der Waals surface area contributed by atoms with Gasteiger partial charge in [0.1, 0.15) is 0 Å². The van der Waals surface area contributed by atoms with Crippen molar-refractivity contribution in [3.63, 3.8) is 0 Å². The molecule has 0 bridgehead atoms. The first-order valence-corrected chi connectivity index (χ1v) is 8.06. The highest BCUT2D eigenvalue weighted by Gasteiger charge is 2.27. The number of aliphatic imine (C=N–C) groups is 1. The van der Waals surface area contributed by atoms with Crippen LogP contribution in [0, 0.1) is 23.0 Å². The van der Waals surface area contributed by atoms with Crippen LogP contribution in [0.25, 0.3) is 0 Å². The maximum atomic E-state index is 10.8. The van der Waals surface area contributed by atoms with E-state index in [1.807, 2.05) is 6.92 Å². The van der Waals surface area contributed by atoms with Crippen LogP contribution in [0.4, 0.5) is 11.4 Å². The fourth-order valence-corrected chi connectivity index (χ4v) is 3.62. The Hall–Kier alpha value is -1.27. The third-order valence-electron chi connectivity index (χ3n) is 3.61. The molecule has 1 aromatic rings. The van der Waals surface area contributed by atoms with Gasteiger partial charge in [-0.05, 0) is 30.9 Å². The van der Waals surface area contributed by atoms with Gasteiger partial charge in [-0.15, -0.1) is 12.4 Å². The topological polar surface area (TPSA) is 58.7 Å². The van der Waals surface area contributed by atoms with Crippen LogP contribution in [0.2, 0.25) is 0 Å². The van der Waals surface area contributed by atoms with E-state index < -0.39 is 0 Å². The summed E-state index contributed by atoms with van der Waals surface area (Å²) >= 11 is 1.76. The first-order chi connectivity index (χ1) is 9.88. The molecular weight excluding hydrogens is 322 g/mol. The number of thioether (sulfide) groups is 1. The van der Waals surface area contributed by atoms with E-state index in [1.54, 1.807) is 23.9 Å². The lowest BCUT2D eigenvalue weighted by atomic mass is 10.0. The van der Waals surface area contributed by atoms with Gasteiger partial charge in [0.05, 0.1) is 10.6 Å². The normalized spacial score (nSPS) is 19.6. The Morgan fingerprint density at radius 3 is 2.73 bits per heavy atom. The standard InChI is InChI=1S/C15H21N3O2S.ClH/c1-10(2)7-13-9-21-15(17(13)4)16-14-6-5-12(18(19)20)8-11(14)3;/h5-6,8,10,13H,7,9H2,1-4H3;1H/b16-15-;/t13-;/m0./s1. The average Bonchev–Trinajstić information content (AvgIpc) is 2.73. The monoisotopic (exact) mass is 343 g/mol. The van der Waals surface area contributed by atoms with Gasteiger partial charge in [0.25, 0.3) is 5.69 Å². The van der Waals surface area contributed by atoms with E-state index in [4.69, 9.17) is 0 Å². The lowest BCUT2D eigenvalue weighted by Gasteiger charge is -2.22. The van der Waals surface area contributed by atoms with Gasteiger partial charge in [0, 0.05) is 31.0 Å². The number of hydrogen-bond acceptors (Lipinski definition) is 4. The summed E-state index contributed by atoms with van der Waals surface area (Å²) in [5, 5.41) is 11.8. The number of halogens is 1. The van der Waals surface area contributed by atoms with Crippen molar-refractivity contribution in [2.24, 2.45) is 10.9 Å². The molecule has 0 amide bonds. The molecule has 0 N–H and O–H groups in total. The maximum absolute atomic E-state index is 10.8. The molecule has 0 spiro atoms. The smallest absolute Gasteiger partial charge is 0.269 e. The maximum Gasteiger partial charge on any atom is 0.269 e. The minimum absolute atomic E-state index is 0. The molecule has 22 heavy (non-hydrogen) atoms. The second-order valence-corrected chi connectivity index (χ2v) is 6.81. The summed E-state index contributed by atoms with van der Waals surface area (Å²) in [4.78, 5) is 17.3. The summed E-state index contributed by atoms with van der Waals surface area (Å²) in [5.41, 5.74) is 1.75. The number of nitro groups is 1. The van der Waals surface area contributed by atoms with Crippen molar-refractivity contribution in [3.05, 3.63) is 33.9 Å². The van der Waals surface area contributed by atoms with Crippen LogP contribution >= 0.6 is 24.2 Å². The second kappa shape index (κ2) is 7.83. The molecule has 1 aliphatic heterocycles. The van der Waals surface area contributed by atoms with Gasteiger partial charge in [-0.1, -0.05) is 25.6 Å². The minimum atomic E-state index is -0.376. The lowest BCUT2D eigenvalue weighted by molar-refractivity contribution is -0.384. The van der Waals surface area contributed by atoms with Crippen LogP contribution in [0.1, 0.15) is 25.8 Å². The fraction of sp³-hybridized carbons (Fsp3) is 0.533. The number of rotatable bonds is 4. The van der Waals surface area contributed by atoms with E-state index in [-0.39, 0.29) is 23.0 Å². The van der Waals surface area contributed by atoms with E-state index in [1.165, 1.54) is 6.07 Å². The van der Waals surface area contributed by atoms with Crippen LogP contribution in [0.5, 0.6) is 0 Å². The Balaban J connectivity index is 0.00000242.